The Morgan fingerprint density at radius 2 is 1.81 bits per heavy atom. The van der Waals surface area contributed by atoms with Crippen LogP contribution in [0.5, 0.6) is 0 Å². The van der Waals surface area contributed by atoms with Gasteiger partial charge >= 0.3 is 129 Å². The molecule has 2 aromatic carbocycles. The van der Waals surface area contributed by atoms with Gasteiger partial charge < -0.3 is 0 Å². The summed E-state index contributed by atoms with van der Waals surface area (Å²) >= 11 is -1.12. The molecule has 0 aromatic heterocycles. The van der Waals surface area contributed by atoms with Crippen molar-refractivity contribution in [3.8, 4) is 0 Å². The Kier molecular flexibility index (Phi) is 3.08. The topological polar surface area (TPSA) is 0 Å². The van der Waals surface area contributed by atoms with Gasteiger partial charge in [-0.1, -0.05) is 0 Å². The van der Waals surface area contributed by atoms with Gasteiger partial charge in [-0.05, 0) is 0 Å². The molecule has 0 nitrogen and oxygen atoms in total. The fourth-order valence-electron chi connectivity index (χ4n) is 3.42. The van der Waals surface area contributed by atoms with E-state index in [-0.39, 0.29) is 0 Å². The number of benzene rings is 2. The van der Waals surface area contributed by atoms with Crippen LogP contribution in [-0.2, 0) is 0 Å². The summed E-state index contributed by atoms with van der Waals surface area (Å²) in [6.07, 6.45) is 10.2. The molecule has 0 saturated heterocycles. The number of hydrogen-bond donors (Lipinski definition) is 0. The Morgan fingerprint density at radius 3 is 2.57 bits per heavy atom. The second kappa shape index (κ2) is 4.96. The average molecular weight is 331 g/mol. The van der Waals surface area contributed by atoms with E-state index in [1.54, 1.807) is 4.00 Å². The Balaban J connectivity index is 2.20. The molecule has 102 valence electrons. The van der Waals surface area contributed by atoms with E-state index in [9.17, 15) is 0 Å². The first-order valence-corrected chi connectivity index (χ1v) is 12.8. The van der Waals surface area contributed by atoms with Gasteiger partial charge in [0.05, 0.1) is 0 Å². The summed E-state index contributed by atoms with van der Waals surface area (Å²) in [6.45, 7) is 0. The van der Waals surface area contributed by atoms with Crippen LogP contribution >= 0.6 is 0 Å². The van der Waals surface area contributed by atoms with Gasteiger partial charge in [0.2, 0.25) is 0 Å². The standard InChI is InChI=1S/C20H18Ge/c1-21(2)19-12-11-17-16-10-6-5-9-15(16)13-18(17)20(19)14-7-3-4-8-14/h3-7,9-13H,8H2,1-2H3. The van der Waals surface area contributed by atoms with Crippen LogP contribution in [0, 0.1) is 14.4 Å². The molecular formula is C20H18Ge. The summed E-state index contributed by atoms with van der Waals surface area (Å²) in [4.78, 5) is 0. The quantitative estimate of drug-likeness (QED) is 0.591. The van der Waals surface area contributed by atoms with Gasteiger partial charge in [0.25, 0.3) is 0 Å². The SMILES string of the molecule is [CH3][Ge]([CH3])=[c]1ccc2c(c1C1=CC=CC1)C=c1ccccc1=2. The second-order valence-corrected chi connectivity index (χ2v) is 11.3. The van der Waals surface area contributed by atoms with Gasteiger partial charge in [-0.25, -0.2) is 0 Å². The first kappa shape index (κ1) is 13.0. The van der Waals surface area contributed by atoms with Gasteiger partial charge in [0.1, 0.15) is 0 Å². The van der Waals surface area contributed by atoms with E-state index in [0.29, 0.717) is 0 Å². The number of hydrogen-bond acceptors (Lipinski definition) is 0. The van der Waals surface area contributed by atoms with Crippen LogP contribution in [-0.4, -0.2) is 13.9 Å². The minimum absolute atomic E-state index is 1.08. The van der Waals surface area contributed by atoms with Crippen molar-refractivity contribution >= 4 is 25.6 Å². The Bertz CT molecular complexity index is 1020. The van der Waals surface area contributed by atoms with Crippen LogP contribution in [0.25, 0.3) is 11.6 Å². The molecule has 0 atom stereocenters. The fraction of sp³-hybridized carbons (Fsp3) is 0.150. The molecular weight excluding hydrogens is 313 g/mol. The molecule has 0 heterocycles. The average Bonchev–Trinajstić information content (AvgIpc) is 3.13. The van der Waals surface area contributed by atoms with E-state index in [1.165, 1.54) is 32.4 Å². The van der Waals surface area contributed by atoms with Gasteiger partial charge in [-0.3, -0.25) is 0 Å². The monoisotopic (exact) mass is 332 g/mol. The molecule has 0 spiro atoms. The van der Waals surface area contributed by atoms with E-state index in [4.69, 9.17) is 0 Å². The van der Waals surface area contributed by atoms with Crippen LogP contribution in [0.4, 0.5) is 0 Å². The van der Waals surface area contributed by atoms with E-state index >= 15 is 0 Å². The minimum atomic E-state index is -1.12. The number of allylic oxidation sites excluding steroid dienone is 4. The zero-order chi connectivity index (χ0) is 14.4. The van der Waals surface area contributed by atoms with E-state index < -0.39 is 13.9 Å². The number of rotatable bonds is 1. The third-order valence-electron chi connectivity index (χ3n) is 4.43. The van der Waals surface area contributed by atoms with Crippen molar-refractivity contribution in [1.82, 2.24) is 0 Å². The van der Waals surface area contributed by atoms with E-state index in [2.05, 4.69) is 72.2 Å². The van der Waals surface area contributed by atoms with Crippen molar-refractivity contribution in [1.29, 1.82) is 0 Å². The second-order valence-electron chi connectivity index (χ2n) is 6.01. The third kappa shape index (κ3) is 2.01. The van der Waals surface area contributed by atoms with Gasteiger partial charge in [-0.2, -0.15) is 0 Å². The van der Waals surface area contributed by atoms with Crippen molar-refractivity contribution in [2.24, 2.45) is 0 Å². The summed E-state index contributed by atoms with van der Waals surface area (Å²) < 4.78 is 1.63. The maximum atomic E-state index is 2.45. The molecule has 0 amide bonds. The van der Waals surface area contributed by atoms with Crippen molar-refractivity contribution in [2.45, 2.75) is 17.9 Å². The zero-order valence-corrected chi connectivity index (χ0v) is 14.6. The molecule has 0 radical (unpaired) electrons. The van der Waals surface area contributed by atoms with Crippen molar-refractivity contribution in [2.75, 3.05) is 0 Å². The molecule has 0 bridgehead atoms. The van der Waals surface area contributed by atoms with Crippen LogP contribution in [0.3, 0.4) is 0 Å². The number of fused-ring (bicyclic) bond motifs is 2. The summed E-state index contributed by atoms with van der Waals surface area (Å²) in [5, 5.41) is 4.17. The Labute approximate surface area is 129 Å². The Morgan fingerprint density at radius 1 is 0.952 bits per heavy atom. The van der Waals surface area contributed by atoms with Crippen LogP contribution < -0.4 is 5.22 Å². The van der Waals surface area contributed by atoms with E-state index in [0.717, 1.165) is 6.42 Å². The van der Waals surface area contributed by atoms with Crippen LogP contribution in [0.15, 0.2) is 54.6 Å². The van der Waals surface area contributed by atoms with Crippen LogP contribution in [0.2, 0.25) is 11.5 Å². The first-order chi connectivity index (χ1) is 10.3. The molecule has 2 aromatic rings. The van der Waals surface area contributed by atoms with Gasteiger partial charge in [-0.15, -0.1) is 0 Å². The van der Waals surface area contributed by atoms with Crippen molar-refractivity contribution in [3.63, 3.8) is 0 Å². The molecule has 21 heavy (non-hydrogen) atoms. The molecule has 2 aliphatic carbocycles. The zero-order valence-electron chi connectivity index (χ0n) is 12.5. The molecule has 2 aliphatic rings. The van der Waals surface area contributed by atoms with E-state index in [1.807, 2.05) is 0 Å². The summed E-state index contributed by atoms with van der Waals surface area (Å²) in [5.74, 6) is 4.91. The maximum absolute atomic E-state index is 2.45. The molecule has 0 fully saturated rings. The van der Waals surface area contributed by atoms with Gasteiger partial charge in [0.15, 0.2) is 0 Å². The summed E-state index contributed by atoms with van der Waals surface area (Å²) in [6, 6.07) is 13.5. The van der Waals surface area contributed by atoms with Crippen molar-refractivity contribution in [3.05, 3.63) is 85.4 Å². The van der Waals surface area contributed by atoms with Crippen molar-refractivity contribution < 1.29 is 0 Å². The molecule has 0 saturated carbocycles. The molecule has 4 rings (SSSR count). The summed E-state index contributed by atoms with van der Waals surface area (Å²) in [7, 11) is 0. The molecule has 0 N–H and O–H groups in total. The normalized spacial score (nSPS) is 14.5. The molecule has 0 aliphatic heterocycles. The predicted octanol–water partition coefficient (Wildman–Crippen LogP) is 4.05. The Hall–Kier alpha value is -1.67. The predicted molar refractivity (Wildman–Crippen MR) is 91.8 cm³/mol. The first-order valence-electron chi connectivity index (χ1n) is 7.53. The summed E-state index contributed by atoms with van der Waals surface area (Å²) in [5.41, 5.74) is 4.49. The molecule has 0 unspecified atom stereocenters. The third-order valence-corrected chi connectivity index (χ3v) is 7.56. The molecule has 1 heteroatoms. The van der Waals surface area contributed by atoms with Gasteiger partial charge in [0, 0.05) is 0 Å². The fourth-order valence-corrected chi connectivity index (χ4v) is 5.97. The van der Waals surface area contributed by atoms with Crippen LogP contribution in [0.1, 0.15) is 17.5 Å².